The van der Waals surface area contributed by atoms with E-state index in [1.54, 1.807) is 0 Å². The van der Waals surface area contributed by atoms with E-state index in [-0.39, 0.29) is 11.6 Å². The van der Waals surface area contributed by atoms with Gasteiger partial charge in [-0.25, -0.2) is 0 Å². The molecule has 0 unspecified atom stereocenters. The molecule has 0 aromatic rings. The fourth-order valence-corrected chi connectivity index (χ4v) is 1.66. The first-order chi connectivity index (χ1) is 9.40. The van der Waals surface area contributed by atoms with Gasteiger partial charge in [-0.05, 0) is 28.2 Å². The first-order valence-electron chi connectivity index (χ1n) is 6.69. The van der Waals surface area contributed by atoms with Gasteiger partial charge in [-0.15, -0.1) is 0 Å². The van der Waals surface area contributed by atoms with Gasteiger partial charge in [0.15, 0.2) is 0 Å². The number of carbonyl (C=O) groups is 2. The summed E-state index contributed by atoms with van der Waals surface area (Å²) < 4.78 is 0. The van der Waals surface area contributed by atoms with Crippen molar-refractivity contribution < 1.29 is 9.59 Å². The SMILES string of the molecule is CN(C)CCNC1=CC(=O)C(NCCN(C)C)=CC1=O. The molecule has 0 aromatic heterocycles. The monoisotopic (exact) mass is 280 g/mol. The van der Waals surface area contributed by atoms with E-state index < -0.39 is 0 Å². The maximum Gasteiger partial charge on any atom is 0.203 e. The molecule has 0 heterocycles. The van der Waals surface area contributed by atoms with Crippen molar-refractivity contribution in [1.82, 2.24) is 20.4 Å². The van der Waals surface area contributed by atoms with Crippen molar-refractivity contribution in [2.24, 2.45) is 0 Å². The summed E-state index contributed by atoms with van der Waals surface area (Å²) >= 11 is 0. The predicted molar refractivity (Wildman–Crippen MR) is 79.3 cm³/mol. The summed E-state index contributed by atoms with van der Waals surface area (Å²) in [5, 5.41) is 5.99. The van der Waals surface area contributed by atoms with Gasteiger partial charge in [0.1, 0.15) is 0 Å². The number of carbonyl (C=O) groups excluding carboxylic acids is 2. The molecule has 0 saturated carbocycles. The molecule has 1 aliphatic carbocycles. The first kappa shape index (κ1) is 16.4. The molecule has 0 aliphatic heterocycles. The lowest BCUT2D eigenvalue weighted by atomic mass is 10.1. The van der Waals surface area contributed by atoms with Crippen molar-refractivity contribution in [3.05, 3.63) is 23.5 Å². The summed E-state index contributed by atoms with van der Waals surface area (Å²) in [5.74, 6) is -0.314. The van der Waals surface area contributed by atoms with E-state index in [4.69, 9.17) is 0 Å². The Hall–Kier alpha value is -1.66. The van der Waals surface area contributed by atoms with Crippen molar-refractivity contribution >= 4 is 11.6 Å². The molecule has 6 nitrogen and oxygen atoms in total. The molecule has 0 radical (unpaired) electrons. The van der Waals surface area contributed by atoms with Gasteiger partial charge in [0.05, 0.1) is 11.4 Å². The van der Waals surface area contributed by atoms with Crippen molar-refractivity contribution in [1.29, 1.82) is 0 Å². The quantitative estimate of drug-likeness (QED) is 0.568. The largest absolute Gasteiger partial charge is 0.380 e. The molecule has 0 aromatic carbocycles. The summed E-state index contributed by atoms with van der Waals surface area (Å²) in [6.07, 6.45) is 2.74. The van der Waals surface area contributed by atoms with Crippen LogP contribution in [0.1, 0.15) is 0 Å². The summed E-state index contributed by atoms with van der Waals surface area (Å²) in [4.78, 5) is 27.8. The average Bonchev–Trinajstić information content (AvgIpc) is 2.33. The van der Waals surface area contributed by atoms with E-state index in [2.05, 4.69) is 10.6 Å². The van der Waals surface area contributed by atoms with Crippen LogP contribution in [0.3, 0.4) is 0 Å². The van der Waals surface area contributed by atoms with Gasteiger partial charge in [-0.2, -0.15) is 0 Å². The number of allylic oxidation sites excluding steroid dienone is 2. The molecule has 2 N–H and O–H groups in total. The third-order valence-electron chi connectivity index (χ3n) is 2.83. The summed E-state index contributed by atoms with van der Waals surface area (Å²) in [6.45, 7) is 2.87. The van der Waals surface area contributed by atoms with Crippen LogP contribution < -0.4 is 10.6 Å². The topological polar surface area (TPSA) is 64.7 Å². The van der Waals surface area contributed by atoms with Crippen LogP contribution in [0.2, 0.25) is 0 Å². The molecule has 6 heteroatoms. The van der Waals surface area contributed by atoms with Gasteiger partial charge in [-0.1, -0.05) is 0 Å². The number of rotatable bonds is 8. The molecule has 0 bridgehead atoms. The van der Waals surface area contributed by atoms with Crippen LogP contribution in [0.15, 0.2) is 23.5 Å². The number of ketones is 2. The van der Waals surface area contributed by atoms with E-state index in [0.29, 0.717) is 24.5 Å². The van der Waals surface area contributed by atoms with Crippen LogP contribution in [0.4, 0.5) is 0 Å². The fourth-order valence-electron chi connectivity index (χ4n) is 1.66. The minimum atomic E-state index is -0.157. The Kier molecular flexibility index (Phi) is 6.41. The Balaban J connectivity index is 2.49. The molecular weight excluding hydrogens is 256 g/mol. The number of hydrogen-bond donors (Lipinski definition) is 2. The molecule has 1 aliphatic rings. The highest BCUT2D eigenvalue weighted by Gasteiger charge is 2.19. The molecule has 112 valence electrons. The summed E-state index contributed by atoms with van der Waals surface area (Å²) in [7, 11) is 7.82. The highest BCUT2D eigenvalue weighted by molar-refractivity contribution is 6.19. The van der Waals surface area contributed by atoms with Crippen LogP contribution in [0, 0.1) is 0 Å². The zero-order valence-corrected chi connectivity index (χ0v) is 12.7. The third-order valence-corrected chi connectivity index (χ3v) is 2.83. The highest BCUT2D eigenvalue weighted by atomic mass is 16.1. The lowest BCUT2D eigenvalue weighted by Crippen LogP contribution is -2.34. The van der Waals surface area contributed by atoms with Crippen LogP contribution in [0.25, 0.3) is 0 Å². The smallest absolute Gasteiger partial charge is 0.203 e. The van der Waals surface area contributed by atoms with Crippen LogP contribution >= 0.6 is 0 Å². The molecule has 0 spiro atoms. The second-order valence-corrected chi connectivity index (χ2v) is 5.30. The van der Waals surface area contributed by atoms with Gasteiger partial charge in [0, 0.05) is 38.3 Å². The Labute approximate surface area is 120 Å². The zero-order valence-electron chi connectivity index (χ0n) is 12.7. The minimum absolute atomic E-state index is 0.157. The Bertz CT molecular complexity index is 385. The van der Waals surface area contributed by atoms with E-state index in [0.717, 1.165) is 13.1 Å². The first-order valence-corrected chi connectivity index (χ1v) is 6.69. The fraction of sp³-hybridized carbons (Fsp3) is 0.571. The van der Waals surface area contributed by atoms with E-state index >= 15 is 0 Å². The van der Waals surface area contributed by atoms with Crippen LogP contribution in [-0.4, -0.2) is 75.7 Å². The second-order valence-electron chi connectivity index (χ2n) is 5.30. The normalized spacial score (nSPS) is 15.5. The molecule has 0 atom stereocenters. The number of nitrogens with zero attached hydrogens (tertiary/aromatic N) is 2. The predicted octanol–water partition coefficient (Wildman–Crippen LogP) is -0.792. The third kappa shape index (κ3) is 5.54. The standard InChI is InChI=1S/C14H24N4O2/c1-17(2)7-5-15-11-9-14(20)12(10-13(11)19)16-6-8-18(3)4/h9-10,15-16H,5-8H2,1-4H3. The van der Waals surface area contributed by atoms with Gasteiger partial charge in [0.25, 0.3) is 0 Å². The van der Waals surface area contributed by atoms with E-state index in [1.165, 1.54) is 12.2 Å². The van der Waals surface area contributed by atoms with Gasteiger partial charge in [-0.3, -0.25) is 9.59 Å². The maximum absolute atomic E-state index is 11.9. The minimum Gasteiger partial charge on any atom is -0.380 e. The molecular formula is C14H24N4O2. The number of hydrogen-bond acceptors (Lipinski definition) is 6. The van der Waals surface area contributed by atoms with Crippen molar-refractivity contribution in [2.75, 3.05) is 54.4 Å². The molecule has 0 amide bonds. The highest BCUT2D eigenvalue weighted by Crippen LogP contribution is 2.07. The van der Waals surface area contributed by atoms with Crippen molar-refractivity contribution in [2.45, 2.75) is 0 Å². The molecule has 0 saturated heterocycles. The Morgan fingerprint density at radius 1 is 0.800 bits per heavy atom. The zero-order chi connectivity index (χ0) is 15.1. The van der Waals surface area contributed by atoms with Gasteiger partial charge >= 0.3 is 0 Å². The number of likely N-dealkylation sites (N-methyl/N-ethyl adjacent to an activating group) is 2. The van der Waals surface area contributed by atoms with Crippen molar-refractivity contribution in [3.8, 4) is 0 Å². The molecule has 1 rings (SSSR count). The Morgan fingerprint density at radius 3 is 1.45 bits per heavy atom. The average molecular weight is 280 g/mol. The summed E-state index contributed by atoms with van der Waals surface area (Å²) in [5.41, 5.74) is 0.741. The second kappa shape index (κ2) is 7.81. The Morgan fingerprint density at radius 2 is 1.15 bits per heavy atom. The summed E-state index contributed by atoms with van der Waals surface area (Å²) in [6, 6.07) is 0. The van der Waals surface area contributed by atoms with E-state index in [9.17, 15) is 9.59 Å². The van der Waals surface area contributed by atoms with Crippen molar-refractivity contribution in [3.63, 3.8) is 0 Å². The number of nitrogens with one attached hydrogen (secondary N) is 2. The van der Waals surface area contributed by atoms with Crippen LogP contribution in [-0.2, 0) is 9.59 Å². The van der Waals surface area contributed by atoms with Gasteiger partial charge < -0.3 is 20.4 Å². The molecule has 20 heavy (non-hydrogen) atoms. The lowest BCUT2D eigenvalue weighted by Gasteiger charge is -2.17. The maximum atomic E-state index is 11.9. The van der Waals surface area contributed by atoms with Crippen LogP contribution in [0.5, 0.6) is 0 Å². The van der Waals surface area contributed by atoms with E-state index in [1.807, 2.05) is 38.0 Å². The lowest BCUT2D eigenvalue weighted by molar-refractivity contribution is -0.115. The van der Waals surface area contributed by atoms with Gasteiger partial charge in [0.2, 0.25) is 11.6 Å². The molecule has 0 fully saturated rings.